The van der Waals surface area contributed by atoms with Crippen molar-refractivity contribution in [2.45, 2.75) is 50.5 Å². The first-order valence-corrected chi connectivity index (χ1v) is 6.80. The molecule has 0 saturated heterocycles. The highest BCUT2D eigenvalue weighted by Gasteiger charge is 2.54. The molecule has 1 aromatic heterocycles. The van der Waals surface area contributed by atoms with Gasteiger partial charge in [-0.15, -0.1) is 10.2 Å². The molecule has 4 heteroatoms. The van der Waals surface area contributed by atoms with Crippen molar-refractivity contribution in [2.75, 3.05) is 0 Å². The Hall–Kier alpha value is -0.900. The largest absolute Gasteiger partial charge is 0.423 e. The molecule has 4 aliphatic carbocycles. The van der Waals surface area contributed by atoms with Gasteiger partial charge in [0.1, 0.15) is 0 Å². The van der Waals surface area contributed by atoms with E-state index in [9.17, 15) is 0 Å². The Labute approximate surface area is 101 Å². The molecule has 17 heavy (non-hydrogen) atoms. The van der Waals surface area contributed by atoms with E-state index >= 15 is 0 Å². The van der Waals surface area contributed by atoms with Gasteiger partial charge in [0.25, 0.3) is 0 Å². The zero-order chi connectivity index (χ0) is 11.5. The fourth-order valence-corrected chi connectivity index (χ4v) is 4.92. The maximum absolute atomic E-state index is 5.77. The number of rotatable bonds is 2. The molecule has 0 amide bonds. The number of hydrogen-bond acceptors (Lipinski definition) is 4. The van der Waals surface area contributed by atoms with Crippen molar-refractivity contribution >= 4 is 0 Å². The minimum Gasteiger partial charge on any atom is -0.423 e. The third-order valence-corrected chi connectivity index (χ3v) is 5.13. The van der Waals surface area contributed by atoms with Crippen LogP contribution in [0.2, 0.25) is 0 Å². The van der Waals surface area contributed by atoms with Crippen molar-refractivity contribution in [1.82, 2.24) is 10.2 Å². The van der Waals surface area contributed by atoms with Crippen molar-refractivity contribution in [1.29, 1.82) is 0 Å². The molecule has 0 spiro atoms. The van der Waals surface area contributed by atoms with Gasteiger partial charge in [0.15, 0.2) is 0 Å². The van der Waals surface area contributed by atoms with Crippen LogP contribution in [0.15, 0.2) is 4.42 Å². The number of nitrogens with two attached hydrogens (primary N) is 1. The molecule has 4 saturated carbocycles. The van der Waals surface area contributed by atoms with Crippen LogP contribution in [0, 0.1) is 17.8 Å². The summed E-state index contributed by atoms with van der Waals surface area (Å²) in [4.78, 5) is 0. The summed E-state index contributed by atoms with van der Waals surface area (Å²) in [5.41, 5.74) is 5.78. The Morgan fingerprint density at radius 3 is 2.12 bits per heavy atom. The molecule has 0 unspecified atom stereocenters. The zero-order valence-corrected chi connectivity index (χ0v) is 10.1. The molecule has 92 valence electrons. The van der Waals surface area contributed by atoms with Crippen LogP contribution in [0.25, 0.3) is 0 Å². The average Bonchev–Trinajstić information content (AvgIpc) is 2.76. The van der Waals surface area contributed by atoms with Gasteiger partial charge in [0.05, 0.1) is 6.54 Å². The molecule has 1 aromatic rings. The standard InChI is InChI=1S/C13H19N3O/c14-7-11-15-16-12(17-11)13-4-8-1-9(5-13)3-10(2-8)6-13/h8-10H,1-7,14H2. The lowest BCUT2D eigenvalue weighted by Gasteiger charge is -2.55. The van der Waals surface area contributed by atoms with Gasteiger partial charge in [-0.1, -0.05) is 0 Å². The Kier molecular flexibility index (Phi) is 1.96. The molecule has 0 aliphatic heterocycles. The summed E-state index contributed by atoms with van der Waals surface area (Å²) in [6, 6.07) is 0. The summed E-state index contributed by atoms with van der Waals surface area (Å²) >= 11 is 0. The van der Waals surface area contributed by atoms with Crippen LogP contribution in [0.5, 0.6) is 0 Å². The predicted octanol–water partition coefficient (Wildman–Crippen LogP) is 2.00. The second-order valence-corrected chi connectivity index (χ2v) is 6.40. The molecular weight excluding hydrogens is 214 g/mol. The van der Waals surface area contributed by atoms with Crippen molar-refractivity contribution in [3.8, 4) is 0 Å². The average molecular weight is 233 g/mol. The fraction of sp³-hybridized carbons (Fsp3) is 0.846. The van der Waals surface area contributed by atoms with Crippen molar-refractivity contribution in [2.24, 2.45) is 23.5 Å². The van der Waals surface area contributed by atoms with E-state index in [1.165, 1.54) is 38.5 Å². The van der Waals surface area contributed by atoms with Gasteiger partial charge in [-0.25, -0.2) is 0 Å². The van der Waals surface area contributed by atoms with Crippen LogP contribution in [0.3, 0.4) is 0 Å². The first kappa shape index (κ1) is 10.1. The Balaban J connectivity index is 1.72. The van der Waals surface area contributed by atoms with Gasteiger partial charge in [0.2, 0.25) is 11.8 Å². The molecule has 5 rings (SSSR count). The highest BCUT2D eigenvalue weighted by Crippen LogP contribution is 2.60. The van der Waals surface area contributed by atoms with Crippen LogP contribution in [-0.4, -0.2) is 10.2 Å². The molecule has 0 aromatic carbocycles. The molecule has 2 N–H and O–H groups in total. The fourth-order valence-electron chi connectivity index (χ4n) is 4.92. The van der Waals surface area contributed by atoms with Gasteiger partial charge in [-0.05, 0) is 56.3 Å². The van der Waals surface area contributed by atoms with Crippen molar-refractivity contribution in [3.63, 3.8) is 0 Å². The van der Waals surface area contributed by atoms with Crippen molar-refractivity contribution in [3.05, 3.63) is 11.8 Å². The van der Waals surface area contributed by atoms with Crippen LogP contribution >= 0.6 is 0 Å². The van der Waals surface area contributed by atoms with Gasteiger partial charge >= 0.3 is 0 Å². The number of hydrogen-bond donors (Lipinski definition) is 1. The third kappa shape index (κ3) is 1.39. The SMILES string of the molecule is NCc1nnc(C23CC4CC(CC(C4)C2)C3)o1. The highest BCUT2D eigenvalue weighted by atomic mass is 16.4. The number of aromatic nitrogens is 2. The van der Waals surface area contributed by atoms with Gasteiger partial charge in [-0.2, -0.15) is 0 Å². The minimum absolute atomic E-state index is 0.217. The molecule has 0 radical (unpaired) electrons. The van der Waals surface area contributed by atoms with E-state index in [1.807, 2.05) is 0 Å². The smallest absolute Gasteiger partial charge is 0.230 e. The van der Waals surface area contributed by atoms with Crippen LogP contribution in [0.1, 0.15) is 50.3 Å². The molecule has 4 nitrogen and oxygen atoms in total. The monoisotopic (exact) mass is 233 g/mol. The Morgan fingerprint density at radius 2 is 1.65 bits per heavy atom. The van der Waals surface area contributed by atoms with E-state index in [1.54, 1.807) is 0 Å². The third-order valence-electron chi connectivity index (χ3n) is 5.13. The quantitative estimate of drug-likeness (QED) is 0.848. The first-order valence-electron chi connectivity index (χ1n) is 6.80. The van der Waals surface area contributed by atoms with Gasteiger partial charge in [0, 0.05) is 5.41 Å². The Morgan fingerprint density at radius 1 is 1.06 bits per heavy atom. The summed E-state index contributed by atoms with van der Waals surface area (Å²) in [5, 5.41) is 8.33. The van der Waals surface area contributed by atoms with E-state index in [0.29, 0.717) is 12.4 Å². The first-order chi connectivity index (χ1) is 8.27. The molecular formula is C13H19N3O. The molecule has 1 heterocycles. The van der Waals surface area contributed by atoms with Gasteiger partial charge in [-0.3, -0.25) is 0 Å². The van der Waals surface area contributed by atoms with Crippen molar-refractivity contribution < 1.29 is 4.42 Å². The second-order valence-electron chi connectivity index (χ2n) is 6.40. The van der Waals surface area contributed by atoms with Crippen LogP contribution in [-0.2, 0) is 12.0 Å². The maximum Gasteiger partial charge on any atom is 0.230 e. The Bertz CT molecular complexity index is 404. The maximum atomic E-state index is 5.77. The van der Waals surface area contributed by atoms with Crippen LogP contribution in [0.4, 0.5) is 0 Å². The summed E-state index contributed by atoms with van der Waals surface area (Å²) in [7, 11) is 0. The lowest BCUT2D eigenvalue weighted by molar-refractivity contribution is -0.0182. The lowest BCUT2D eigenvalue weighted by Crippen LogP contribution is -2.48. The highest BCUT2D eigenvalue weighted by molar-refractivity contribution is 5.14. The topological polar surface area (TPSA) is 64.9 Å². The molecule has 4 aliphatic rings. The van der Waals surface area contributed by atoms with E-state index in [0.717, 1.165) is 23.6 Å². The van der Waals surface area contributed by atoms with E-state index < -0.39 is 0 Å². The minimum atomic E-state index is 0.217. The normalized spacial score (nSPS) is 43.2. The second kappa shape index (κ2) is 3.31. The lowest BCUT2D eigenvalue weighted by atomic mass is 9.49. The predicted molar refractivity (Wildman–Crippen MR) is 62.0 cm³/mol. The zero-order valence-electron chi connectivity index (χ0n) is 10.1. The summed E-state index contributed by atoms with van der Waals surface area (Å²) in [5.74, 6) is 4.21. The van der Waals surface area contributed by atoms with Gasteiger partial charge < -0.3 is 10.2 Å². The molecule has 0 atom stereocenters. The summed E-state index contributed by atoms with van der Waals surface area (Å²) in [6.07, 6.45) is 8.13. The molecule has 4 bridgehead atoms. The molecule has 4 fully saturated rings. The summed E-state index contributed by atoms with van der Waals surface area (Å²) in [6.45, 7) is 0.360. The summed E-state index contributed by atoms with van der Waals surface area (Å²) < 4.78 is 5.77. The van der Waals surface area contributed by atoms with E-state index in [4.69, 9.17) is 10.2 Å². The number of nitrogens with zero attached hydrogens (tertiary/aromatic N) is 2. The van der Waals surface area contributed by atoms with E-state index in [2.05, 4.69) is 10.2 Å². The van der Waals surface area contributed by atoms with Crippen LogP contribution < -0.4 is 5.73 Å². The van der Waals surface area contributed by atoms with E-state index in [-0.39, 0.29) is 5.41 Å².